The molecule has 0 bridgehead atoms. The molecule has 124 valence electrons. The monoisotopic (exact) mass is 348 g/mol. The Hall–Kier alpha value is -2.80. The van der Waals surface area contributed by atoms with Gasteiger partial charge in [0.1, 0.15) is 0 Å². The van der Waals surface area contributed by atoms with E-state index in [2.05, 4.69) is 25.0 Å². The number of aryl methyl sites for hydroxylation is 3. The van der Waals surface area contributed by atoms with Gasteiger partial charge in [-0.25, -0.2) is 19.5 Å². The molecule has 0 saturated heterocycles. The minimum absolute atomic E-state index is 0.678. The van der Waals surface area contributed by atoms with E-state index < -0.39 is 0 Å². The first-order valence-corrected chi connectivity index (χ1v) is 8.68. The van der Waals surface area contributed by atoms with Gasteiger partial charge in [-0.05, 0) is 50.7 Å². The predicted molar refractivity (Wildman–Crippen MR) is 96.6 cm³/mol. The fraction of sp³-hybridized carbons (Fsp3) is 0.167. The second-order valence-corrected chi connectivity index (χ2v) is 6.71. The van der Waals surface area contributed by atoms with Gasteiger partial charge in [0, 0.05) is 30.2 Å². The summed E-state index contributed by atoms with van der Waals surface area (Å²) < 4.78 is 1.87. The zero-order valence-electron chi connectivity index (χ0n) is 14.1. The lowest BCUT2D eigenvalue weighted by Gasteiger charge is -2.10. The van der Waals surface area contributed by atoms with Gasteiger partial charge in [-0.3, -0.25) is 4.98 Å². The van der Waals surface area contributed by atoms with E-state index in [1.165, 1.54) is 11.8 Å². The van der Waals surface area contributed by atoms with E-state index in [1.807, 2.05) is 49.6 Å². The Morgan fingerprint density at radius 1 is 1.04 bits per heavy atom. The molecule has 0 unspecified atom stereocenters. The average molecular weight is 348 g/mol. The third kappa shape index (κ3) is 2.98. The van der Waals surface area contributed by atoms with Gasteiger partial charge in [0.2, 0.25) is 0 Å². The zero-order valence-corrected chi connectivity index (χ0v) is 14.9. The number of rotatable bonds is 3. The van der Waals surface area contributed by atoms with Crippen LogP contribution in [0.15, 0.2) is 52.9 Å². The average Bonchev–Trinajstić information content (AvgIpc) is 3.00. The highest BCUT2D eigenvalue weighted by molar-refractivity contribution is 7.99. The molecule has 6 nitrogen and oxygen atoms in total. The molecule has 4 heterocycles. The van der Waals surface area contributed by atoms with E-state index in [9.17, 15) is 0 Å². The van der Waals surface area contributed by atoms with Crippen molar-refractivity contribution in [3.63, 3.8) is 0 Å². The highest BCUT2D eigenvalue weighted by Crippen LogP contribution is 2.31. The lowest BCUT2D eigenvalue weighted by molar-refractivity contribution is 0.833. The van der Waals surface area contributed by atoms with Crippen molar-refractivity contribution in [3.05, 3.63) is 59.9 Å². The fourth-order valence-corrected chi connectivity index (χ4v) is 3.56. The van der Waals surface area contributed by atoms with Crippen LogP contribution in [-0.4, -0.2) is 29.5 Å². The van der Waals surface area contributed by atoms with Gasteiger partial charge in [-0.2, -0.15) is 5.10 Å². The molecular weight excluding hydrogens is 332 g/mol. The van der Waals surface area contributed by atoms with Crippen molar-refractivity contribution in [3.8, 4) is 11.3 Å². The molecule has 0 saturated carbocycles. The molecule has 7 heteroatoms. The summed E-state index contributed by atoms with van der Waals surface area (Å²) in [5.41, 5.74) is 5.62. The Morgan fingerprint density at radius 3 is 2.72 bits per heavy atom. The Morgan fingerprint density at radius 2 is 1.92 bits per heavy atom. The summed E-state index contributed by atoms with van der Waals surface area (Å²) in [6, 6.07) is 7.75. The Balaban J connectivity index is 1.74. The van der Waals surface area contributed by atoms with Crippen LogP contribution < -0.4 is 0 Å². The maximum absolute atomic E-state index is 4.66. The lowest BCUT2D eigenvalue weighted by atomic mass is 10.2. The number of pyridine rings is 1. The zero-order chi connectivity index (χ0) is 17.4. The number of fused-ring (bicyclic) bond motifs is 1. The SMILES string of the molecule is Cc1cc2nc(C)c(Sc3nccc(-c4cccnc4)n3)c(C)n2n1. The van der Waals surface area contributed by atoms with Gasteiger partial charge in [-0.1, -0.05) is 0 Å². The quantitative estimate of drug-likeness (QED) is 0.526. The van der Waals surface area contributed by atoms with E-state index in [0.717, 1.165) is 38.9 Å². The number of aromatic nitrogens is 6. The normalized spacial score (nSPS) is 11.2. The predicted octanol–water partition coefficient (Wildman–Crippen LogP) is 3.66. The van der Waals surface area contributed by atoms with Crippen LogP contribution in [0.2, 0.25) is 0 Å². The maximum atomic E-state index is 4.66. The maximum Gasteiger partial charge on any atom is 0.193 e. The topological polar surface area (TPSA) is 68.9 Å². The summed E-state index contributed by atoms with van der Waals surface area (Å²) in [5, 5.41) is 5.19. The molecule has 0 amide bonds. The van der Waals surface area contributed by atoms with Crippen LogP contribution in [0.25, 0.3) is 16.9 Å². The Bertz CT molecular complexity index is 1060. The van der Waals surface area contributed by atoms with Crippen LogP contribution in [0, 0.1) is 20.8 Å². The number of hydrogen-bond donors (Lipinski definition) is 0. The minimum atomic E-state index is 0.678. The first-order valence-electron chi connectivity index (χ1n) is 7.87. The van der Waals surface area contributed by atoms with Gasteiger partial charge in [0.05, 0.1) is 27.7 Å². The first kappa shape index (κ1) is 15.7. The van der Waals surface area contributed by atoms with Gasteiger partial charge >= 0.3 is 0 Å². The summed E-state index contributed by atoms with van der Waals surface area (Å²) in [5.74, 6) is 0. The van der Waals surface area contributed by atoms with E-state index in [0.29, 0.717) is 5.16 Å². The summed E-state index contributed by atoms with van der Waals surface area (Å²) in [4.78, 5) is 18.9. The molecule has 0 aliphatic heterocycles. The minimum Gasteiger partial charge on any atom is -0.264 e. The number of nitrogens with zero attached hydrogens (tertiary/aromatic N) is 6. The van der Waals surface area contributed by atoms with Crippen molar-refractivity contribution in [2.45, 2.75) is 30.8 Å². The van der Waals surface area contributed by atoms with Crippen LogP contribution in [0.5, 0.6) is 0 Å². The summed E-state index contributed by atoms with van der Waals surface area (Å²) in [6.07, 6.45) is 5.32. The van der Waals surface area contributed by atoms with Gasteiger partial charge in [0.15, 0.2) is 10.8 Å². The number of hydrogen-bond acceptors (Lipinski definition) is 6. The molecule has 0 radical (unpaired) electrons. The molecular formula is C18H16N6S. The van der Waals surface area contributed by atoms with Gasteiger partial charge in [-0.15, -0.1) is 0 Å². The van der Waals surface area contributed by atoms with Crippen molar-refractivity contribution in [2.75, 3.05) is 0 Å². The Labute approximate surface area is 149 Å². The van der Waals surface area contributed by atoms with Crippen molar-refractivity contribution in [1.82, 2.24) is 29.5 Å². The molecule has 0 aliphatic carbocycles. The van der Waals surface area contributed by atoms with Crippen molar-refractivity contribution in [1.29, 1.82) is 0 Å². The van der Waals surface area contributed by atoms with Gasteiger partial charge < -0.3 is 0 Å². The molecule has 4 aromatic rings. The van der Waals surface area contributed by atoms with E-state index in [-0.39, 0.29) is 0 Å². The van der Waals surface area contributed by atoms with Crippen LogP contribution in [0.4, 0.5) is 0 Å². The van der Waals surface area contributed by atoms with Crippen molar-refractivity contribution in [2.24, 2.45) is 0 Å². The Kier molecular flexibility index (Phi) is 3.93. The second-order valence-electron chi connectivity index (χ2n) is 5.74. The van der Waals surface area contributed by atoms with Crippen LogP contribution >= 0.6 is 11.8 Å². The second kappa shape index (κ2) is 6.25. The molecule has 0 atom stereocenters. The molecule has 0 fully saturated rings. The molecule has 0 spiro atoms. The standard InChI is InChI=1S/C18H16N6S/c1-11-9-16-21-12(2)17(13(3)24(16)23-11)25-18-20-8-6-15(22-18)14-5-4-7-19-10-14/h4-10H,1-3H3. The van der Waals surface area contributed by atoms with Gasteiger partial charge in [0.25, 0.3) is 0 Å². The molecule has 0 aromatic carbocycles. The van der Waals surface area contributed by atoms with Crippen LogP contribution in [0.1, 0.15) is 17.1 Å². The van der Waals surface area contributed by atoms with Crippen LogP contribution in [-0.2, 0) is 0 Å². The molecule has 25 heavy (non-hydrogen) atoms. The smallest absolute Gasteiger partial charge is 0.193 e. The van der Waals surface area contributed by atoms with E-state index in [4.69, 9.17) is 0 Å². The fourth-order valence-electron chi connectivity index (χ4n) is 2.70. The molecule has 4 aromatic heterocycles. The van der Waals surface area contributed by atoms with Crippen LogP contribution in [0.3, 0.4) is 0 Å². The highest BCUT2D eigenvalue weighted by atomic mass is 32.2. The molecule has 0 N–H and O–H groups in total. The van der Waals surface area contributed by atoms with E-state index >= 15 is 0 Å². The largest absolute Gasteiger partial charge is 0.264 e. The summed E-state index contributed by atoms with van der Waals surface area (Å²) >= 11 is 1.51. The third-order valence-corrected chi connectivity index (χ3v) is 5.03. The van der Waals surface area contributed by atoms with E-state index in [1.54, 1.807) is 18.6 Å². The highest BCUT2D eigenvalue weighted by Gasteiger charge is 2.14. The first-order chi connectivity index (χ1) is 12.1. The molecule has 4 rings (SSSR count). The lowest BCUT2D eigenvalue weighted by Crippen LogP contribution is -2.02. The summed E-state index contributed by atoms with van der Waals surface area (Å²) in [6.45, 7) is 6.01. The summed E-state index contributed by atoms with van der Waals surface area (Å²) in [7, 11) is 0. The molecule has 0 aliphatic rings. The third-order valence-electron chi connectivity index (χ3n) is 3.85. The van der Waals surface area contributed by atoms with Crippen molar-refractivity contribution < 1.29 is 0 Å². The van der Waals surface area contributed by atoms with Crippen molar-refractivity contribution >= 4 is 17.4 Å².